The molecule has 0 fully saturated rings. The maximum Gasteiger partial charge on any atom is 0.163 e. The molecule has 0 radical (unpaired) electrons. The molecular formula is C12H18ClNO3. The molecule has 5 heteroatoms. The summed E-state index contributed by atoms with van der Waals surface area (Å²) in [6.07, 6.45) is 0. The van der Waals surface area contributed by atoms with Crippen LogP contribution in [-0.2, 0) is 0 Å². The second-order valence-electron chi connectivity index (χ2n) is 3.89. The van der Waals surface area contributed by atoms with Gasteiger partial charge in [-0.2, -0.15) is 0 Å². The van der Waals surface area contributed by atoms with Gasteiger partial charge in [-0.15, -0.1) is 12.4 Å². The monoisotopic (exact) mass is 259 g/mol. The lowest BCUT2D eigenvalue weighted by Gasteiger charge is -2.11. The second-order valence-corrected chi connectivity index (χ2v) is 3.89. The maximum absolute atomic E-state index is 11.1. The van der Waals surface area contributed by atoms with Gasteiger partial charge in [0.05, 0.1) is 5.56 Å². The average molecular weight is 260 g/mol. The number of carbonyl (C=O) groups excluding carboxylic acids is 1. The number of Topliss-reactive ketones (excluding diaryl/α,β-unsaturated/α-hetero) is 1. The molecule has 0 saturated carbocycles. The molecule has 0 saturated heterocycles. The SMILES string of the molecule is CC(=O)c1ccc(OCCN(C)C)cc1O.Cl. The first-order valence-corrected chi connectivity index (χ1v) is 5.12. The van der Waals surface area contributed by atoms with Crippen molar-refractivity contribution in [2.24, 2.45) is 0 Å². The predicted octanol–water partition coefficient (Wildman–Crippen LogP) is 1.96. The van der Waals surface area contributed by atoms with Crippen LogP contribution in [0.25, 0.3) is 0 Å². The van der Waals surface area contributed by atoms with Crippen LogP contribution in [0.4, 0.5) is 0 Å². The van der Waals surface area contributed by atoms with Crippen LogP contribution in [0.3, 0.4) is 0 Å². The van der Waals surface area contributed by atoms with E-state index in [0.29, 0.717) is 17.9 Å². The first kappa shape index (κ1) is 15.7. The van der Waals surface area contributed by atoms with Crippen molar-refractivity contribution in [2.75, 3.05) is 27.2 Å². The molecule has 17 heavy (non-hydrogen) atoms. The Hall–Kier alpha value is -1.26. The molecule has 96 valence electrons. The Kier molecular flexibility index (Phi) is 6.61. The summed E-state index contributed by atoms with van der Waals surface area (Å²) in [5, 5.41) is 9.56. The molecule has 0 spiro atoms. The molecule has 0 unspecified atom stereocenters. The third kappa shape index (κ3) is 5.06. The van der Waals surface area contributed by atoms with Crippen LogP contribution in [0.1, 0.15) is 17.3 Å². The lowest BCUT2D eigenvalue weighted by molar-refractivity contribution is 0.101. The summed E-state index contributed by atoms with van der Waals surface area (Å²) in [5.41, 5.74) is 0.319. The van der Waals surface area contributed by atoms with E-state index >= 15 is 0 Å². The third-order valence-corrected chi connectivity index (χ3v) is 2.16. The van der Waals surface area contributed by atoms with Gasteiger partial charge in [0.15, 0.2) is 5.78 Å². The van der Waals surface area contributed by atoms with E-state index in [1.54, 1.807) is 12.1 Å². The molecule has 1 aromatic carbocycles. The first-order valence-electron chi connectivity index (χ1n) is 5.12. The fourth-order valence-corrected chi connectivity index (χ4v) is 1.25. The van der Waals surface area contributed by atoms with Gasteiger partial charge in [-0.25, -0.2) is 0 Å². The van der Waals surface area contributed by atoms with Gasteiger partial charge in [0.25, 0.3) is 0 Å². The molecule has 0 aromatic heterocycles. The number of rotatable bonds is 5. The van der Waals surface area contributed by atoms with Gasteiger partial charge in [0.1, 0.15) is 18.1 Å². The molecule has 1 N–H and O–H groups in total. The number of benzene rings is 1. The molecule has 0 heterocycles. The smallest absolute Gasteiger partial charge is 0.163 e. The molecule has 0 atom stereocenters. The van der Waals surface area contributed by atoms with Crippen LogP contribution in [0.5, 0.6) is 11.5 Å². The molecule has 1 rings (SSSR count). The zero-order valence-electron chi connectivity index (χ0n) is 10.3. The minimum absolute atomic E-state index is 0. The van der Waals surface area contributed by atoms with Gasteiger partial charge in [-0.1, -0.05) is 0 Å². The van der Waals surface area contributed by atoms with Crippen LogP contribution in [-0.4, -0.2) is 43.0 Å². The van der Waals surface area contributed by atoms with Crippen molar-refractivity contribution < 1.29 is 14.6 Å². The Labute approximate surface area is 108 Å². The van der Waals surface area contributed by atoms with Gasteiger partial charge in [0, 0.05) is 12.6 Å². The van der Waals surface area contributed by atoms with Crippen LogP contribution in [0.2, 0.25) is 0 Å². The van der Waals surface area contributed by atoms with E-state index in [2.05, 4.69) is 0 Å². The van der Waals surface area contributed by atoms with Gasteiger partial charge in [0.2, 0.25) is 0 Å². The average Bonchev–Trinajstić information content (AvgIpc) is 2.16. The molecule has 0 aliphatic rings. The number of phenols is 1. The topological polar surface area (TPSA) is 49.8 Å². The normalized spacial score (nSPS) is 9.88. The van der Waals surface area contributed by atoms with Crippen LogP contribution < -0.4 is 4.74 Å². The summed E-state index contributed by atoms with van der Waals surface area (Å²) in [6.45, 7) is 2.77. The zero-order valence-corrected chi connectivity index (χ0v) is 11.1. The lowest BCUT2D eigenvalue weighted by Crippen LogP contribution is -2.19. The number of hydrogen-bond acceptors (Lipinski definition) is 4. The summed E-state index contributed by atoms with van der Waals surface area (Å²) < 4.78 is 5.42. The maximum atomic E-state index is 11.1. The second kappa shape index (κ2) is 7.14. The van der Waals surface area contributed by atoms with Crippen molar-refractivity contribution in [1.29, 1.82) is 0 Å². The quantitative estimate of drug-likeness (QED) is 0.822. The first-order chi connectivity index (χ1) is 7.50. The Morgan fingerprint density at radius 3 is 2.53 bits per heavy atom. The summed E-state index contributed by atoms with van der Waals surface area (Å²) in [7, 11) is 3.92. The van der Waals surface area contributed by atoms with Crippen LogP contribution in [0, 0.1) is 0 Å². The third-order valence-electron chi connectivity index (χ3n) is 2.16. The molecule has 0 aliphatic carbocycles. The highest BCUT2D eigenvalue weighted by molar-refractivity contribution is 5.96. The van der Waals surface area contributed by atoms with E-state index in [1.165, 1.54) is 13.0 Å². The predicted molar refractivity (Wildman–Crippen MR) is 69.4 cm³/mol. The number of likely N-dealkylation sites (N-methyl/N-ethyl adjacent to an activating group) is 1. The summed E-state index contributed by atoms with van der Waals surface area (Å²) in [6, 6.07) is 4.72. The highest BCUT2D eigenvalue weighted by Gasteiger charge is 2.07. The Morgan fingerprint density at radius 2 is 2.06 bits per heavy atom. The van der Waals surface area contributed by atoms with Crippen molar-refractivity contribution in [1.82, 2.24) is 4.90 Å². The summed E-state index contributed by atoms with van der Waals surface area (Å²) >= 11 is 0. The van der Waals surface area contributed by atoms with E-state index in [0.717, 1.165) is 6.54 Å². The number of ether oxygens (including phenoxy) is 1. The van der Waals surface area contributed by atoms with E-state index in [-0.39, 0.29) is 23.9 Å². The zero-order chi connectivity index (χ0) is 12.1. The molecule has 1 aromatic rings. The van der Waals surface area contributed by atoms with Crippen LogP contribution in [0.15, 0.2) is 18.2 Å². The number of phenolic OH excluding ortho intramolecular Hbond substituents is 1. The highest BCUT2D eigenvalue weighted by Crippen LogP contribution is 2.23. The summed E-state index contributed by atoms with van der Waals surface area (Å²) in [5.74, 6) is 0.386. The Bertz CT molecular complexity index is 380. The number of aromatic hydroxyl groups is 1. The summed E-state index contributed by atoms with van der Waals surface area (Å²) in [4.78, 5) is 13.1. The Morgan fingerprint density at radius 1 is 1.41 bits per heavy atom. The van der Waals surface area contributed by atoms with E-state index in [9.17, 15) is 9.90 Å². The minimum Gasteiger partial charge on any atom is -0.507 e. The van der Waals surface area contributed by atoms with Gasteiger partial charge in [-0.05, 0) is 33.2 Å². The van der Waals surface area contributed by atoms with E-state index in [1.807, 2.05) is 19.0 Å². The number of hydrogen-bond donors (Lipinski definition) is 1. The van der Waals surface area contributed by atoms with E-state index < -0.39 is 0 Å². The largest absolute Gasteiger partial charge is 0.507 e. The van der Waals surface area contributed by atoms with Crippen molar-refractivity contribution in [3.05, 3.63) is 23.8 Å². The van der Waals surface area contributed by atoms with Crippen molar-refractivity contribution in [3.63, 3.8) is 0 Å². The number of carbonyl (C=O) groups is 1. The minimum atomic E-state index is -0.155. The molecule has 4 nitrogen and oxygen atoms in total. The lowest BCUT2D eigenvalue weighted by atomic mass is 10.1. The number of halogens is 1. The molecule has 0 aliphatic heterocycles. The molecular weight excluding hydrogens is 242 g/mol. The fourth-order valence-electron chi connectivity index (χ4n) is 1.25. The standard InChI is InChI=1S/C12H17NO3.ClH/c1-9(14)11-5-4-10(8-12(11)15)16-7-6-13(2)3;/h4-5,8,15H,6-7H2,1-3H3;1H. The number of ketones is 1. The van der Waals surface area contributed by atoms with Crippen molar-refractivity contribution >= 4 is 18.2 Å². The fraction of sp³-hybridized carbons (Fsp3) is 0.417. The number of nitrogens with zero attached hydrogens (tertiary/aromatic N) is 1. The van der Waals surface area contributed by atoms with Gasteiger partial charge in [-0.3, -0.25) is 4.79 Å². The highest BCUT2D eigenvalue weighted by atomic mass is 35.5. The van der Waals surface area contributed by atoms with Gasteiger partial charge >= 0.3 is 0 Å². The molecule has 0 bridgehead atoms. The van der Waals surface area contributed by atoms with E-state index in [4.69, 9.17) is 4.74 Å². The Balaban J connectivity index is 0.00000256. The van der Waals surface area contributed by atoms with Gasteiger partial charge < -0.3 is 14.7 Å². The van der Waals surface area contributed by atoms with Crippen LogP contribution >= 0.6 is 12.4 Å². The molecule has 0 amide bonds. The van der Waals surface area contributed by atoms with Crippen molar-refractivity contribution in [2.45, 2.75) is 6.92 Å². The van der Waals surface area contributed by atoms with Crippen molar-refractivity contribution in [3.8, 4) is 11.5 Å².